The SMILES string of the molecule is COC(=O)c1ccc(N2CCCC(CO)C2)cc1. The standard InChI is InChI=1S/C14H19NO3/c1-18-14(17)12-4-6-13(7-5-12)15-8-2-3-11(9-15)10-16/h4-7,11,16H,2-3,8-10H2,1H3. The van der Waals surface area contributed by atoms with E-state index in [2.05, 4.69) is 9.64 Å². The highest BCUT2D eigenvalue weighted by Gasteiger charge is 2.19. The maximum atomic E-state index is 11.3. The lowest BCUT2D eigenvalue weighted by Gasteiger charge is -2.33. The molecular formula is C14H19NO3. The Hall–Kier alpha value is -1.55. The van der Waals surface area contributed by atoms with Crippen LogP contribution in [0, 0.1) is 5.92 Å². The molecule has 0 aliphatic carbocycles. The summed E-state index contributed by atoms with van der Waals surface area (Å²) in [7, 11) is 1.38. The zero-order valence-corrected chi connectivity index (χ0v) is 10.6. The molecule has 0 bridgehead atoms. The van der Waals surface area contributed by atoms with Crippen LogP contribution in [0.15, 0.2) is 24.3 Å². The average molecular weight is 249 g/mol. The Morgan fingerprint density at radius 1 is 1.44 bits per heavy atom. The first kappa shape index (κ1) is 12.9. The van der Waals surface area contributed by atoms with Crippen molar-refractivity contribution in [1.82, 2.24) is 0 Å². The molecule has 1 aliphatic rings. The van der Waals surface area contributed by atoms with Gasteiger partial charge in [-0.2, -0.15) is 0 Å². The van der Waals surface area contributed by atoms with Gasteiger partial charge >= 0.3 is 5.97 Å². The summed E-state index contributed by atoms with van der Waals surface area (Å²) in [5.41, 5.74) is 1.66. The van der Waals surface area contributed by atoms with Gasteiger partial charge in [0.25, 0.3) is 0 Å². The van der Waals surface area contributed by atoms with Crippen LogP contribution in [0.3, 0.4) is 0 Å². The molecule has 0 spiro atoms. The lowest BCUT2D eigenvalue weighted by atomic mass is 9.98. The van der Waals surface area contributed by atoms with Crippen molar-refractivity contribution in [3.8, 4) is 0 Å². The minimum absolute atomic E-state index is 0.247. The van der Waals surface area contributed by atoms with Gasteiger partial charge in [-0.15, -0.1) is 0 Å². The predicted octanol–water partition coefficient (Wildman–Crippen LogP) is 1.68. The fourth-order valence-corrected chi connectivity index (χ4v) is 2.37. The summed E-state index contributed by atoms with van der Waals surface area (Å²) in [6.45, 7) is 2.14. The second-order valence-corrected chi connectivity index (χ2v) is 4.68. The molecule has 0 amide bonds. The first-order valence-electron chi connectivity index (χ1n) is 6.28. The Morgan fingerprint density at radius 2 is 2.17 bits per heavy atom. The van der Waals surface area contributed by atoms with Crippen LogP contribution in [-0.2, 0) is 4.74 Å². The van der Waals surface area contributed by atoms with E-state index in [9.17, 15) is 9.90 Å². The fourth-order valence-electron chi connectivity index (χ4n) is 2.37. The van der Waals surface area contributed by atoms with Gasteiger partial charge in [-0.3, -0.25) is 0 Å². The number of esters is 1. The molecule has 2 rings (SSSR count). The summed E-state index contributed by atoms with van der Waals surface area (Å²) in [5.74, 6) is 0.0486. The Balaban J connectivity index is 2.07. The fraction of sp³-hybridized carbons (Fsp3) is 0.500. The summed E-state index contributed by atoms with van der Waals surface area (Å²) in [5, 5.41) is 9.22. The highest BCUT2D eigenvalue weighted by atomic mass is 16.5. The van der Waals surface area contributed by atoms with Crippen LogP contribution >= 0.6 is 0 Å². The number of rotatable bonds is 3. The van der Waals surface area contributed by atoms with Crippen molar-refractivity contribution in [1.29, 1.82) is 0 Å². The van der Waals surface area contributed by atoms with Gasteiger partial charge in [-0.1, -0.05) is 0 Å². The van der Waals surface area contributed by atoms with Crippen molar-refractivity contribution < 1.29 is 14.6 Å². The lowest BCUT2D eigenvalue weighted by molar-refractivity contribution is 0.0601. The van der Waals surface area contributed by atoms with Gasteiger partial charge in [0.2, 0.25) is 0 Å². The molecular weight excluding hydrogens is 230 g/mol. The molecule has 98 valence electrons. The molecule has 1 heterocycles. The number of aliphatic hydroxyl groups is 1. The number of aliphatic hydroxyl groups excluding tert-OH is 1. The van der Waals surface area contributed by atoms with Crippen molar-refractivity contribution in [3.63, 3.8) is 0 Å². The Labute approximate surface area is 107 Å². The summed E-state index contributed by atoms with van der Waals surface area (Å²) >= 11 is 0. The van der Waals surface area contributed by atoms with E-state index in [1.54, 1.807) is 12.1 Å². The minimum Gasteiger partial charge on any atom is -0.465 e. The molecule has 1 aliphatic heterocycles. The van der Waals surface area contributed by atoms with E-state index < -0.39 is 0 Å². The number of hydrogen-bond acceptors (Lipinski definition) is 4. The van der Waals surface area contributed by atoms with Crippen molar-refractivity contribution in [3.05, 3.63) is 29.8 Å². The van der Waals surface area contributed by atoms with Gasteiger partial charge in [0, 0.05) is 25.4 Å². The minimum atomic E-state index is -0.312. The summed E-state index contributed by atoms with van der Waals surface area (Å²) in [6, 6.07) is 7.44. The lowest BCUT2D eigenvalue weighted by Crippen LogP contribution is -2.36. The number of nitrogens with zero attached hydrogens (tertiary/aromatic N) is 1. The van der Waals surface area contributed by atoms with E-state index in [0.717, 1.165) is 31.6 Å². The van der Waals surface area contributed by atoms with Crippen molar-refractivity contribution >= 4 is 11.7 Å². The van der Waals surface area contributed by atoms with Gasteiger partial charge in [0.15, 0.2) is 0 Å². The first-order valence-corrected chi connectivity index (χ1v) is 6.28. The molecule has 0 aromatic heterocycles. The van der Waals surface area contributed by atoms with Crippen LogP contribution in [-0.4, -0.2) is 37.9 Å². The van der Waals surface area contributed by atoms with Gasteiger partial charge in [0.1, 0.15) is 0 Å². The van der Waals surface area contributed by atoms with Crippen LogP contribution < -0.4 is 4.90 Å². The molecule has 4 nitrogen and oxygen atoms in total. The van der Waals surface area contributed by atoms with Crippen molar-refractivity contribution in [2.75, 3.05) is 31.7 Å². The van der Waals surface area contributed by atoms with Gasteiger partial charge < -0.3 is 14.7 Å². The van der Waals surface area contributed by atoms with Crippen molar-refractivity contribution in [2.45, 2.75) is 12.8 Å². The van der Waals surface area contributed by atoms with Crippen LogP contribution in [0.4, 0.5) is 5.69 Å². The normalized spacial score (nSPS) is 19.7. The summed E-state index contributed by atoms with van der Waals surface area (Å²) < 4.78 is 4.67. The van der Waals surface area contributed by atoms with Crippen LogP contribution in [0.2, 0.25) is 0 Å². The van der Waals surface area contributed by atoms with Gasteiger partial charge in [-0.05, 0) is 43.0 Å². The topological polar surface area (TPSA) is 49.8 Å². The molecule has 4 heteroatoms. The van der Waals surface area contributed by atoms with Gasteiger partial charge in [0.05, 0.1) is 12.7 Å². The van der Waals surface area contributed by atoms with E-state index in [1.807, 2.05) is 12.1 Å². The third kappa shape index (κ3) is 2.82. The van der Waals surface area contributed by atoms with E-state index in [-0.39, 0.29) is 12.6 Å². The number of piperidine rings is 1. The molecule has 0 radical (unpaired) electrons. The monoisotopic (exact) mass is 249 g/mol. The highest BCUT2D eigenvalue weighted by Crippen LogP contribution is 2.23. The van der Waals surface area contributed by atoms with Crippen LogP contribution in [0.5, 0.6) is 0 Å². The number of ether oxygens (including phenoxy) is 1. The quantitative estimate of drug-likeness (QED) is 0.828. The zero-order chi connectivity index (χ0) is 13.0. The van der Waals surface area contributed by atoms with Gasteiger partial charge in [-0.25, -0.2) is 4.79 Å². The van der Waals surface area contributed by atoms with E-state index in [1.165, 1.54) is 7.11 Å². The molecule has 1 N–H and O–H groups in total. The second-order valence-electron chi connectivity index (χ2n) is 4.68. The van der Waals surface area contributed by atoms with E-state index >= 15 is 0 Å². The van der Waals surface area contributed by atoms with Crippen LogP contribution in [0.1, 0.15) is 23.2 Å². The third-order valence-electron chi connectivity index (χ3n) is 3.43. The Kier molecular flexibility index (Phi) is 4.20. The number of hydrogen-bond donors (Lipinski definition) is 1. The molecule has 1 fully saturated rings. The number of benzene rings is 1. The van der Waals surface area contributed by atoms with E-state index in [0.29, 0.717) is 11.5 Å². The number of carbonyl (C=O) groups excluding carboxylic acids is 1. The Bertz CT molecular complexity index is 402. The molecule has 1 aromatic rings. The smallest absolute Gasteiger partial charge is 0.337 e. The molecule has 1 saturated heterocycles. The van der Waals surface area contributed by atoms with Crippen molar-refractivity contribution in [2.24, 2.45) is 5.92 Å². The second kappa shape index (κ2) is 5.87. The molecule has 0 saturated carbocycles. The third-order valence-corrected chi connectivity index (χ3v) is 3.43. The van der Waals surface area contributed by atoms with E-state index in [4.69, 9.17) is 0 Å². The maximum absolute atomic E-state index is 11.3. The highest BCUT2D eigenvalue weighted by molar-refractivity contribution is 5.89. The zero-order valence-electron chi connectivity index (χ0n) is 10.6. The molecule has 1 atom stereocenters. The molecule has 1 unspecified atom stereocenters. The number of methoxy groups -OCH3 is 1. The molecule has 18 heavy (non-hydrogen) atoms. The number of carbonyl (C=O) groups is 1. The number of anilines is 1. The average Bonchev–Trinajstić information content (AvgIpc) is 2.46. The Morgan fingerprint density at radius 3 is 2.78 bits per heavy atom. The predicted molar refractivity (Wildman–Crippen MR) is 69.8 cm³/mol. The summed E-state index contributed by atoms with van der Waals surface area (Å²) in [6.07, 6.45) is 2.19. The largest absolute Gasteiger partial charge is 0.465 e. The van der Waals surface area contributed by atoms with Crippen LogP contribution in [0.25, 0.3) is 0 Å². The first-order chi connectivity index (χ1) is 8.74. The maximum Gasteiger partial charge on any atom is 0.337 e. The molecule has 1 aromatic carbocycles. The summed E-state index contributed by atoms with van der Waals surface area (Å²) in [4.78, 5) is 13.6.